The first-order valence-electron chi connectivity index (χ1n) is 6.63. The van der Waals surface area contributed by atoms with Crippen molar-refractivity contribution in [3.63, 3.8) is 0 Å². The van der Waals surface area contributed by atoms with Crippen LogP contribution in [0, 0.1) is 5.41 Å². The Morgan fingerprint density at radius 3 is 2.45 bits per heavy atom. The van der Waals surface area contributed by atoms with Gasteiger partial charge in [0.2, 0.25) is 0 Å². The summed E-state index contributed by atoms with van der Waals surface area (Å²) in [5, 5.41) is 15.0. The Morgan fingerprint density at radius 2 is 1.90 bits per heavy atom. The Kier molecular flexibility index (Phi) is 4.09. The van der Waals surface area contributed by atoms with Gasteiger partial charge in [-0.3, -0.25) is 0 Å². The zero-order valence-corrected chi connectivity index (χ0v) is 12.2. The molecule has 0 saturated heterocycles. The summed E-state index contributed by atoms with van der Waals surface area (Å²) >= 11 is 0. The molecule has 5 nitrogen and oxygen atoms in total. The molecule has 5 heteroatoms. The molecule has 1 N–H and O–H groups in total. The number of benzene rings is 1. The van der Waals surface area contributed by atoms with E-state index in [2.05, 4.69) is 10.1 Å². The highest BCUT2D eigenvalue weighted by Crippen LogP contribution is 2.32. The second-order valence-corrected chi connectivity index (χ2v) is 5.98. The number of ether oxygens (including phenoxy) is 1. The molecule has 0 amide bonds. The van der Waals surface area contributed by atoms with Gasteiger partial charge in [-0.25, -0.2) is 9.67 Å². The monoisotopic (exact) mass is 275 g/mol. The Hall–Kier alpha value is -1.88. The van der Waals surface area contributed by atoms with Gasteiger partial charge in [0.25, 0.3) is 0 Å². The molecular weight excluding hydrogens is 254 g/mol. The van der Waals surface area contributed by atoms with Crippen molar-refractivity contribution >= 4 is 0 Å². The van der Waals surface area contributed by atoms with Crippen molar-refractivity contribution in [2.75, 3.05) is 6.61 Å². The fourth-order valence-electron chi connectivity index (χ4n) is 1.80. The third-order valence-electron chi connectivity index (χ3n) is 3.51. The molecule has 0 aliphatic heterocycles. The molecule has 2 aromatic rings. The molecule has 1 heterocycles. The molecule has 0 bridgehead atoms. The van der Waals surface area contributed by atoms with Crippen LogP contribution in [0.5, 0.6) is 5.75 Å². The molecule has 20 heavy (non-hydrogen) atoms. The smallest absolute Gasteiger partial charge is 0.137 e. The van der Waals surface area contributed by atoms with E-state index < -0.39 is 5.60 Å². The van der Waals surface area contributed by atoms with Crippen LogP contribution in [0.1, 0.15) is 20.8 Å². The molecule has 0 aliphatic carbocycles. The van der Waals surface area contributed by atoms with Crippen LogP contribution >= 0.6 is 0 Å². The third kappa shape index (κ3) is 3.36. The number of hydrogen-bond acceptors (Lipinski definition) is 4. The van der Waals surface area contributed by atoms with E-state index in [0.29, 0.717) is 6.54 Å². The quantitative estimate of drug-likeness (QED) is 0.908. The lowest BCUT2D eigenvalue weighted by atomic mass is 9.77. The van der Waals surface area contributed by atoms with Crippen molar-refractivity contribution in [1.82, 2.24) is 14.8 Å². The maximum absolute atomic E-state index is 11.0. The van der Waals surface area contributed by atoms with Crippen molar-refractivity contribution in [1.29, 1.82) is 0 Å². The lowest BCUT2D eigenvalue weighted by Gasteiger charge is -2.39. The average molecular weight is 275 g/mol. The first kappa shape index (κ1) is 14.5. The van der Waals surface area contributed by atoms with E-state index in [-0.39, 0.29) is 12.0 Å². The van der Waals surface area contributed by atoms with Gasteiger partial charge in [-0.15, -0.1) is 0 Å². The predicted molar refractivity (Wildman–Crippen MR) is 76.4 cm³/mol. The predicted octanol–water partition coefficient (Wildman–Crippen LogP) is 2.13. The van der Waals surface area contributed by atoms with Gasteiger partial charge in [-0.1, -0.05) is 39.0 Å². The number of aliphatic hydroxyl groups is 1. The van der Waals surface area contributed by atoms with Gasteiger partial charge in [0, 0.05) is 0 Å². The summed E-state index contributed by atoms with van der Waals surface area (Å²) in [5.74, 6) is 0.744. The van der Waals surface area contributed by atoms with Crippen LogP contribution in [-0.2, 0) is 6.54 Å². The van der Waals surface area contributed by atoms with Crippen LogP contribution in [0.3, 0.4) is 0 Å². The molecular formula is C15H21N3O2. The molecule has 2 rings (SSSR count). The van der Waals surface area contributed by atoms with Gasteiger partial charge >= 0.3 is 0 Å². The Morgan fingerprint density at radius 1 is 1.20 bits per heavy atom. The highest BCUT2D eigenvalue weighted by Gasteiger charge is 2.41. The average Bonchev–Trinajstić information content (AvgIpc) is 2.89. The number of nitrogens with zero attached hydrogens (tertiary/aromatic N) is 3. The van der Waals surface area contributed by atoms with Crippen LogP contribution in [0.2, 0.25) is 0 Å². The lowest BCUT2D eigenvalue weighted by molar-refractivity contribution is -0.101. The zero-order valence-electron chi connectivity index (χ0n) is 12.2. The van der Waals surface area contributed by atoms with E-state index in [4.69, 9.17) is 4.74 Å². The molecule has 1 aromatic heterocycles. The van der Waals surface area contributed by atoms with Gasteiger partial charge in [0.05, 0.1) is 6.54 Å². The lowest BCUT2D eigenvalue weighted by Crippen LogP contribution is -2.51. The van der Waals surface area contributed by atoms with Crippen molar-refractivity contribution in [3.8, 4) is 5.75 Å². The molecule has 0 spiro atoms. The van der Waals surface area contributed by atoms with Crippen LogP contribution < -0.4 is 4.74 Å². The topological polar surface area (TPSA) is 60.2 Å². The fourth-order valence-corrected chi connectivity index (χ4v) is 1.80. The second kappa shape index (κ2) is 5.63. The molecule has 108 valence electrons. The van der Waals surface area contributed by atoms with Crippen molar-refractivity contribution in [2.24, 2.45) is 5.41 Å². The molecule has 0 aliphatic rings. The molecule has 0 radical (unpaired) electrons. The molecule has 1 atom stereocenters. The highest BCUT2D eigenvalue weighted by atomic mass is 16.5. The maximum atomic E-state index is 11.0. The summed E-state index contributed by atoms with van der Waals surface area (Å²) < 4.78 is 7.36. The zero-order chi connectivity index (χ0) is 14.6. The maximum Gasteiger partial charge on any atom is 0.137 e. The fraction of sp³-hybridized carbons (Fsp3) is 0.467. The molecule has 1 aromatic carbocycles. The van der Waals surface area contributed by atoms with E-state index in [1.54, 1.807) is 11.0 Å². The summed E-state index contributed by atoms with van der Waals surface area (Å²) in [6.07, 6.45) is 3.06. The minimum Gasteiger partial charge on any atom is -0.490 e. The minimum absolute atomic E-state index is 0.195. The number of rotatable bonds is 5. The molecule has 0 saturated carbocycles. The van der Waals surface area contributed by atoms with Gasteiger partial charge < -0.3 is 9.84 Å². The molecule has 0 fully saturated rings. The summed E-state index contributed by atoms with van der Waals surface area (Å²) in [6, 6.07) is 9.49. The van der Waals surface area contributed by atoms with Gasteiger partial charge in [0.15, 0.2) is 0 Å². The van der Waals surface area contributed by atoms with Crippen LogP contribution in [-0.4, -0.2) is 32.1 Å². The number of hydrogen-bond donors (Lipinski definition) is 1. The van der Waals surface area contributed by atoms with Crippen molar-refractivity contribution in [3.05, 3.63) is 43.0 Å². The first-order valence-corrected chi connectivity index (χ1v) is 6.63. The Labute approximate surface area is 119 Å². The third-order valence-corrected chi connectivity index (χ3v) is 3.51. The molecule has 1 unspecified atom stereocenters. The van der Waals surface area contributed by atoms with Crippen molar-refractivity contribution < 1.29 is 9.84 Å². The van der Waals surface area contributed by atoms with E-state index in [0.717, 1.165) is 5.75 Å². The normalized spacial score (nSPS) is 14.8. The summed E-state index contributed by atoms with van der Waals surface area (Å²) in [4.78, 5) is 3.91. The van der Waals surface area contributed by atoms with Crippen LogP contribution in [0.4, 0.5) is 0 Å². The van der Waals surface area contributed by atoms with Crippen LogP contribution in [0.25, 0.3) is 0 Å². The van der Waals surface area contributed by atoms with E-state index in [9.17, 15) is 5.11 Å². The minimum atomic E-state index is -1.05. The highest BCUT2D eigenvalue weighted by molar-refractivity contribution is 5.21. The summed E-state index contributed by atoms with van der Waals surface area (Å²) in [5.41, 5.74) is -1.40. The summed E-state index contributed by atoms with van der Waals surface area (Å²) in [7, 11) is 0. The SMILES string of the molecule is CC(C)(C)C(O)(COc1ccccc1)Cn1cncn1. The number of aromatic nitrogens is 3. The van der Waals surface area contributed by atoms with E-state index in [1.165, 1.54) is 6.33 Å². The van der Waals surface area contributed by atoms with E-state index in [1.807, 2.05) is 51.1 Å². The van der Waals surface area contributed by atoms with Gasteiger partial charge in [-0.2, -0.15) is 5.10 Å². The van der Waals surface area contributed by atoms with E-state index >= 15 is 0 Å². The Balaban J connectivity index is 2.11. The number of para-hydroxylation sites is 1. The Bertz CT molecular complexity index is 520. The largest absolute Gasteiger partial charge is 0.490 e. The van der Waals surface area contributed by atoms with Crippen molar-refractivity contribution in [2.45, 2.75) is 32.9 Å². The van der Waals surface area contributed by atoms with Gasteiger partial charge in [0.1, 0.15) is 30.6 Å². The standard InChI is InChI=1S/C15H21N3O2/c1-14(2,3)15(19,9-18-12-16-11-17-18)10-20-13-7-5-4-6-8-13/h4-8,11-12,19H,9-10H2,1-3H3. The second-order valence-electron chi connectivity index (χ2n) is 5.98. The van der Waals surface area contributed by atoms with Crippen LogP contribution in [0.15, 0.2) is 43.0 Å². The summed E-state index contributed by atoms with van der Waals surface area (Å²) in [6.45, 7) is 6.48. The first-order chi connectivity index (χ1) is 9.41. The van der Waals surface area contributed by atoms with Gasteiger partial charge in [-0.05, 0) is 17.5 Å².